The molecule has 2 rings (SSSR count). The molecule has 1 unspecified atom stereocenters. The van der Waals surface area contributed by atoms with Gasteiger partial charge in [-0.3, -0.25) is 5.21 Å². The summed E-state index contributed by atoms with van der Waals surface area (Å²) in [4.78, 5) is 25.1. The van der Waals surface area contributed by atoms with Gasteiger partial charge in [0.15, 0.2) is 0 Å². The summed E-state index contributed by atoms with van der Waals surface area (Å²) in [7, 11) is 1.22. The number of carbonyl (C=O) groups is 2. The van der Waals surface area contributed by atoms with E-state index in [1.807, 2.05) is 0 Å². The third-order valence-corrected chi connectivity index (χ3v) is 5.02. The van der Waals surface area contributed by atoms with Crippen molar-refractivity contribution in [3.05, 3.63) is 56.3 Å². The molecule has 0 radical (unpaired) electrons. The van der Waals surface area contributed by atoms with E-state index in [1.54, 1.807) is 39.0 Å². The lowest BCUT2D eigenvalue weighted by Gasteiger charge is -2.34. The van der Waals surface area contributed by atoms with E-state index in [1.165, 1.54) is 7.11 Å². The van der Waals surface area contributed by atoms with Crippen LogP contribution in [-0.2, 0) is 19.1 Å². The fourth-order valence-electron chi connectivity index (χ4n) is 2.95. The molecule has 0 spiro atoms. The van der Waals surface area contributed by atoms with E-state index in [0.717, 1.165) is 5.06 Å². The number of methoxy groups -OCH3 is 1. The Hall–Kier alpha value is -2.02. The first-order valence-electron chi connectivity index (χ1n) is 7.86. The number of hydroxylamine groups is 2. The monoisotopic (exact) mass is 399 g/mol. The van der Waals surface area contributed by atoms with E-state index in [9.17, 15) is 14.8 Å². The Labute approximate surface area is 161 Å². The first-order valence-corrected chi connectivity index (χ1v) is 8.61. The predicted octanol–water partition coefficient (Wildman–Crippen LogP) is 4.07. The maximum Gasteiger partial charge on any atom is 0.336 e. The summed E-state index contributed by atoms with van der Waals surface area (Å²) in [6.07, 6.45) is 0. The Bertz CT molecular complexity index is 816. The van der Waals surface area contributed by atoms with E-state index in [2.05, 4.69) is 0 Å². The molecule has 1 atom stereocenters. The second kappa shape index (κ2) is 8.12. The summed E-state index contributed by atoms with van der Waals surface area (Å²) in [5.41, 5.74) is 1.06. The van der Waals surface area contributed by atoms with E-state index in [-0.39, 0.29) is 39.2 Å². The van der Waals surface area contributed by atoms with Gasteiger partial charge in [0.2, 0.25) is 0 Å². The molecule has 0 aliphatic carbocycles. The molecule has 0 fully saturated rings. The summed E-state index contributed by atoms with van der Waals surface area (Å²) < 4.78 is 10.0. The van der Waals surface area contributed by atoms with Crippen molar-refractivity contribution in [1.29, 1.82) is 0 Å². The number of hydrogen-bond donors (Lipinski definition) is 1. The van der Waals surface area contributed by atoms with E-state index in [0.29, 0.717) is 5.56 Å². The van der Waals surface area contributed by atoms with Gasteiger partial charge < -0.3 is 9.47 Å². The minimum Gasteiger partial charge on any atom is -0.466 e. The lowest BCUT2D eigenvalue weighted by atomic mass is 9.80. The number of halogens is 2. The fraction of sp³-hybridized carbons (Fsp3) is 0.333. The molecule has 0 bridgehead atoms. The van der Waals surface area contributed by atoms with Crippen molar-refractivity contribution in [2.45, 2.75) is 26.7 Å². The summed E-state index contributed by atoms with van der Waals surface area (Å²) in [6.45, 7) is 4.89. The number of carbonyl (C=O) groups excluding carboxylic acids is 2. The number of nitrogens with zero attached hydrogens (tertiary/aromatic N) is 1. The Kier molecular flexibility index (Phi) is 6.34. The molecule has 0 saturated carbocycles. The van der Waals surface area contributed by atoms with Gasteiger partial charge in [0.1, 0.15) is 0 Å². The zero-order valence-corrected chi connectivity index (χ0v) is 16.3. The third kappa shape index (κ3) is 3.45. The zero-order chi connectivity index (χ0) is 19.6. The van der Waals surface area contributed by atoms with Gasteiger partial charge in [-0.15, -0.1) is 0 Å². The van der Waals surface area contributed by atoms with Gasteiger partial charge in [0, 0.05) is 0 Å². The first-order chi connectivity index (χ1) is 12.3. The summed E-state index contributed by atoms with van der Waals surface area (Å²) in [5.74, 6) is -2.26. The van der Waals surface area contributed by atoms with Gasteiger partial charge in [-0.05, 0) is 32.4 Å². The van der Waals surface area contributed by atoms with Gasteiger partial charge in [-0.1, -0.05) is 35.3 Å². The molecule has 140 valence electrons. The van der Waals surface area contributed by atoms with Crippen LogP contribution in [-0.4, -0.2) is 35.9 Å². The number of allylic oxidation sites excluding steroid dienone is 2. The molecule has 0 amide bonds. The molecule has 1 aromatic rings. The van der Waals surface area contributed by atoms with Gasteiger partial charge in [0.25, 0.3) is 0 Å². The summed E-state index contributed by atoms with van der Waals surface area (Å²) >= 11 is 12.5. The van der Waals surface area contributed by atoms with Crippen molar-refractivity contribution in [3.63, 3.8) is 0 Å². The topological polar surface area (TPSA) is 76.1 Å². The van der Waals surface area contributed by atoms with Crippen LogP contribution in [0.2, 0.25) is 10.0 Å². The number of esters is 2. The molecule has 8 heteroatoms. The molecule has 1 N–H and O–H groups in total. The van der Waals surface area contributed by atoms with Crippen LogP contribution in [0.3, 0.4) is 0 Å². The molecular weight excluding hydrogens is 381 g/mol. The molecule has 0 aromatic heterocycles. The van der Waals surface area contributed by atoms with Crippen LogP contribution in [0.4, 0.5) is 0 Å². The van der Waals surface area contributed by atoms with Gasteiger partial charge in [-0.25, -0.2) is 14.7 Å². The number of benzene rings is 1. The maximum atomic E-state index is 12.6. The van der Waals surface area contributed by atoms with Crippen molar-refractivity contribution in [2.75, 3.05) is 13.7 Å². The van der Waals surface area contributed by atoms with Crippen LogP contribution in [0.5, 0.6) is 0 Å². The SMILES string of the molecule is CCOC(=O)C1=C(C)N(O)C(C)=C(C(=O)OC)C1c1cccc(Cl)c1Cl. The number of ether oxygens (including phenoxy) is 2. The van der Waals surface area contributed by atoms with Crippen molar-refractivity contribution in [2.24, 2.45) is 0 Å². The Morgan fingerprint density at radius 1 is 1.15 bits per heavy atom. The quantitative estimate of drug-likeness (QED) is 0.769. The molecule has 1 heterocycles. The smallest absolute Gasteiger partial charge is 0.336 e. The Morgan fingerprint density at radius 3 is 2.27 bits per heavy atom. The number of rotatable bonds is 4. The van der Waals surface area contributed by atoms with Crippen LogP contribution < -0.4 is 0 Å². The normalized spacial score (nSPS) is 17.5. The molecular formula is C18H19Cl2NO5. The summed E-state index contributed by atoms with van der Waals surface area (Å²) in [5, 5.41) is 11.6. The van der Waals surface area contributed by atoms with Crippen LogP contribution in [0, 0.1) is 0 Å². The second-order valence-corrected chi connectivity index (χ2v) is 6.38. The van der Waals surface area contributed by atoms with Crippen LogP contribution >= 0.6 is 23.2 Å². The average Bonchev–Trinajstić information content (AvgIpc) is 2.61. The molecule has 6 nitrogen and oxygen atoms in total. The van der Waals surface area contributed by atoms with Crippen LogP contribution in [0.1, 0.15) is 32.3 Å². The largest absolute Gasteiger partial charge is 0.466 e. The minimum absolute atomic E-state index is 0.0767. The van der Waals surface area contributed by atoms with Crippen molar-refractivity contribution in [1.82, 2.24) is 5.06 Å². The summed E-state index contributed by atoms with van der Waals surface area (Å²) in [6, 6.07) is 4.93. The minimum atomic E-state index is -0.893. The Balaban J connectivity index is 2.81. The molecule has 1 aliphatic rings. The predicted molar refractivity (Wildman–Crippen MR) is 96.9 cm³/mol. The van der Waals surface area contributed by atoms with Gasteiger partial charge >= 0.3 is 11.9 Å². The highest BCUT2D eigenvalue weighted by molar-refractivity contribution is 6.42. The van der Waals surface area contributed by atoms with Crippen molar-refractivity contribution >= 4 is 35.1 Å². The molecule has 1 aromatic carbocycles. The highest BCUT2D eigenvalue weighted by Crippen LogP contribution is 2.45. The molecule has 26 heavy (non-hydrogen) atoms. The van der Waals surface area contributed by atoms with E-state index >= 15 is 0 Å². The molecule has 1 aliphatic heterocycles. The highest BCUT2D eigenvalue weighted by Gasteiger charge is 2.41. The lowest BCUT2D eigenvalue weighted by Crippen LogP contribution is -2.33. The van der Waals surface area contributed by atoms with Gasteiger partial charge in [0.05, 0.1) is 52.2 Å². The highest BCUT2D eigenvalue weighted by atomic mass is 35.5. The zero-order valence-electron chi connectivity index (χ0n) is 14.8. The second-order valence-electron chi connectivity index (χ2n) is 5.60. The van der Waals surface area contributed by atoms with E-state index in [4.69, 9.17) is 32.7 Å². The Morgan fingerprint density at radius 2 is 1.73 bits per heavy atom. The maximum absolute atomic E-state index is 12.6. The molecule has 0 saturated heterocycles. The lowest BCUT2D eigenvalue weighted by molar-refractivity contribution is -0.140. The van der Waals surface area contributed by atoms with Gasteiger partial charge in [-0.2, -0.15) is 0 Å². The number of hydrogen-bond acceptors (Lipinski definition) is 6. The average molecular weight is 400 g/mol. The fourth-order valence-corrected chi connectivity index (χ4v) is 3.36. The first kappa shape index (κ1) is 20.3. The van der Waals surface area contributed by atoms with Crippen molar-refractivity contribution in [3.8, 4) is 0 Å². The van der Waals surface area contributed by atoms with Crippen LogP contribution in [0.15, 0.2) is 40.7 Å². The third-order valence-electron chi connectivity index (χ3n) is 4.19. The van der Waals surface area contributed by atoms with E-state index < -0.39 is 17.9 Å². The standard InChI is InChI=1S/C18H19Cl2NO5/c1-5-26-18(23)14-10(3)21(24)9(2)13(17(22)25-4)15(14)11-7-6-8-12(19)16(11)20/h6-8,15,24H,5H2,1-4H3. The van der Waals surface area contributed by atoms with Crippen LogP contribution in [0.25, 0.3) is 0 Å². The van der Waals surface area contributed by atoms with Crippen molar-refractivity contribution < 1.29 is 24.3 Å².